The number of rotatable bonds is 4. The maximum Gasteiger partial charge on any atom is 0.311 e. The van der Waals surface area contributed by atoms with Crippen LogP contribution in [0.25, 0.3) is 11.3 Å². The molecule has 2 aromatic carbocycles. The molecule has 0 unspecified atom stereocenters. The highest BCUT2D eigenvalue weighted by atomic mass is 16.6. The molecule has 7 nitrogen and oxygen atoms in total. The van der Waals surface area contributed by atoms with E-state index in [1.807, 2.05) is 30.3 Å². The molecule has 0 amide bonds. The van der Waals surface area contributed by atoms with Crippen molar-refractivity contribution in [1.29, 1.82) is 0 Å². The molecule has 0 aliphatic carbocycles. The maximum absolute atomic E-state index is 10.6. The molecule has 0 aliphatic rings. The summed E-state index contributed by atoms with van der Waals surface area (Å²) in [6.45, 7) is 0. The molecule has 0 bridgehead atoms. The average molecular weight is 309 g/mol. The van der Waals surface area contributed by atoms with E-state index in [1.54, 1.807) is 6.07 Å². The number of nitro benzene ring substituents is 1. The van der Waals surface area contributed by atoms with Gasteiger partial charge in [-0.05, 0) is 12.1 Å². The molecule has 0 spiro atoms. The van der Waals surface area contributed by atoms with Crippen molar-refractivity contribution in [2.24, 2.45) is 10.2 Å². The summed E-state index contributed by atoms with van der Waals surface area (Å²) in [5.74, 6) is 0.135. The number of hydrogen-bond donors (Lipinski definition) is 1. The van der Waals surface area contributed by atoms with Gasteiger partial charge in [0.2, 0.25) is 0 Å². The minimum Gasteiger partial charge on any atom is -0.479 e. The third-order valence-electron chi connectivity index (χ3n) is 3.09. The van der Waals surface area contributed by atoms with E-state index in [2.05, 4.69) is 10.2 Å². The lowest BCUT2D eigenvalue weighted by atomic mass is 10.2. The van der Waals surface area contributed by atoms with Gasteiger partial charge in [-0.25, -0.2) is 0 Å². The Hall–Kier alpha value is -3.48. The summed E-state index contributed by atoms with van der Waals surface area (Å²) in [7, 11) is 0. The van der Waals surface area contributed by atoms with Crippen molar-refractivity contribution in [3.8, 4) is 17.3 Å². The van der Waals surface area contributed by atoms with E-state index in [4.69, 9.17) is 4.42 Å². The second kappa shape index (κ2) is 6.10. The van der Waals surface area contributed by atoms with Crippen molar-refractivity contribution >= 4 is 17.1 Å². The summed E-state index contributed by atoms with van der Waals surface area (Å²) in [6, 6.07) is 16.4. The van der Waals surface area contributed by atoms with Crippen LogP contribution in [0.3, 0.4) is 0 Å². The van der Waals surface area contributed by atoms with Gasteiger partial charge < -0.3 is 9.52 Å². The van der Waals surface area contributed by atoms with Gasteiger partial charge in [-0.3, -0.25) is 10.1 Å². The van der Waals surface area contributed by atoms with Crippen LogP contribution >= 0.6 is 0 Å². The van der Waals surface area contributed by atoms with E-state index in [-0.39, 0.29) is 17.3 Å². The number of nitrogens with zero attached hydrogens (tertiary/aromatic N) is 3. The Labute approximate surface area is 130 Å². The highest BCUT2D eigenvalue weighted by Gasteiger charge is 2.11. The first-order valence-electron chi connectivity index (χ1n) is 6.68. The van der Waals surface area contributed by atoms with Gasteiger partial charge in [0.1, 0.15) is 5.76 Å². The van der Waals surface area contributed by atoms with Gasteiger partial charge in [0.15, 0.2) is 5.69 Å². The standard InChI is InChI=1S/C16H11N3O4/c20-16-14(10-15(23-16)11-4-2-1-3-5-11)18-17-12-6-8-13(9-7-12)19(21)22/h1-10,20H. The van der Waals surface area contributed by atoms with Gasteiger partial charge in [-0.1, -0.05) is 30.3 Å². The lowest BCUT2D eigenvalue weighted by molar-refractivity contribution is -0.384. The zero-order chi connectivity index (χ0) is 16.2. The van der Waals surface area contributed by atoms with Gasteiger partial charge in [0, 0.05) is 23.8 Å². The largest absolute Gasteiger partial charge is 0.479 e. The van der Waals surface area contributed by atoms with Gasteiger partial charge in [0.25, 0.3) is 5.69 Å². The van der Waals surface area contributed by atoms with E-state index in [0.29, 0.717) is 11.4 Å². The normalized spacial score (nSPS) is 11.0. The van der Waals surface area contributed by atoms with Crippen LogP contribution in [0, 0.1) is 10.1 Å². The fourth-order valence-corrected chi connectivity index (χ4v) is 1.94. The van der Waals surface area contributed by atoms with E-state index < -0.39 is 4.92 Å². The molecule has 7 heteroatoms. The number of hydrogen-bond acceptors (Lipinski definition) is 6. The molecule has 0 aliphatic heterocycles. The van der Waals surface area contributed by atoms with Crippen LogP contribution in [0.2, 0.25) is 0 Å². The Morgan fingerprint density at radius 3 is 2.35 bits per heavy atom. The Kier molecular flexibility index (Phi) is 3.84. The zero-order valence-corrected chi connectivity index (χ0v) is 11.8. The molecule has 3 aromatic rings. The highest BCUT2D eigenvalue weighted by molar-refractivity contribution is 5.64. The van der Waals surface area contributed by atoms with Gasteiger partial charge in [-0.15, -0.1) is 5.11 Å². The van der Waals surface area contributed by atoms with Crippen molar-refractivity contribution in [3.63, 3.8) is 0 Å². The predicted octanol–water partition coefficient (Wildman–Crippen LogP) is 4.98. The van der Waals surface area contributed by atoms with E-state index >= 15 is 0 Å². The Morgan fingerprint density at radius 1 is 1.00 bits per heavy atom. The van der Waals surface area contributed by atoms with Gasteiger partial charge >= 0.3 is 5.95 Å². The average Bonchev–Trinajstić information content (AvgIpc) is 2.95. The van der Waals surface area contributed by atoms with E-state index in [1.165, 1.54) is 24.3 Å². The summed E-state index contributed by atoms with van der Waals surface area (Å²) in [6.07, 6.45) is 0. The molecule has 1 N–H and O–H groups in total. The number of aromatic hydroxyl groups is 1. The van der Waals surface area contributed by atoms with Crippen LogP contribution in [0.4, 0.5) is 17.1 Å². The molecule has 3 rings (SSSR count). The van der Waals surface area contributed by atoms with Crippen molar-refractivity contribution in [1.82, 2.24) is 0 Å². The number of benzene rings is 2. The van der Waals surface area contributed by atoms with Crippen LogP contribution < -0.4 is 0 Å². The summed E-state index contributed by atoms with van der Waals surface area (Å²) in [5, 5.41) is 28.2. The third kappa shape index (κ3) is 3.24. The van der Waals surface area contributed by atoms with Crippen LogP contribution in [-0.4, -0.2) is 10.0 Å². The molecule has 0 saturated carbocycles. The predicted molar refractivity (Wildman–Crippen MR) is 83.1 cm³/mol. The maximum atomic E-state index is 10.6. The Morgan fingerprint density at radius 2 is 1.70 bits per heavy atom. The van der Waals surface area contributed by atoms with Crippen LogP contribution in [0.15, 0.2) is 75.3 Å². The number of azo groups is 1. The Balaban J connectivity index is 1.82. The van der Waals surface area contributed by atoms with Crippen LogP contribution in [0.5, 0.6) is 5.95 Å². The quantitative estimate of drug-likeness (QED) is 0.417. The number of furan rings is 1. The molecule has 0 atom stereocenters. The summed E-state index contributed by atoms with van der Waals surface area (Å²) in [4.78, 5) is 10.1. The molecule has 0 radical (unpaired) electrons. The highest BCUT2D eigenvalue weighted by Crippen LogP contribution is 2.36. The van der Waals surface area contributed by atoms with Gasteiger partial charge in [-0.2, -0.15) is 5.11 Å². The van der Waals surface area contributed by atoms with Crippen molar-refractivity contribution < 1.29 is 14.4 Å². The molecule has 114 valence electrons. The SMILES string of the molecule is O=[N+]([O-])c1ccc(N=Nc2cc(-c3ccccc3)oc2O)cc1. The summed E-state index contributed by atoms with van der Waals surface area (Å²) < 4.78 is 5.25. The molecular formula is C16H11N3O4. The summed E-state index contributed by atoms with van der Waals surface area (Å²) >= 11 is 0. The second-order valence-corrected chi connectivity index (χ2v) is 4.64. The second-order valence-electron chi connectivity index (χ2n) is 4.64. The molecule has 1 aromatic heterocycles. The van der Waals surface area contributed by atoms with Crippen molar-refractivity contribution in [2.45, 2.75) is 0 Å². The van der Waals surface area contributed by atoms with Crippen LogP contribution in [0.1, 0.15) is 0 Å². The lowest BCUT2D eigenvalue weighted by Gasteiger charge is -1.92. The van der Waals surface area contributed by atoms with Crippen LogP contribution in [-0.2, 0) is 0 Å². The lowest BCUT2D eigenvalue weighted by Crippen LogP contribution is -1.85. The van der Waals surface area contributed by atoms with E-state index in [0.717, 1.165) is 5.56 Å². The fourth-order valence-electron chi connectivity index (χ4n) is 1.94. The fraction of sp³-hybridized carbons (Fsp3) is 0. The first-order valence-corrected chi connectivity index (χ1v) is 6.68. The molecular weight excluding hydrogens is 298 g/mol. The first kappa shape index (κ1) is 14.5. The molecule has 23 heavy (non-hydrogen) atoms. The monoisotopic (exact) mass is 309 g/mol. The summed E-state index contributed by atoms with van der Waals surface area (Å²) in [5.41, 5.74) is 1.39. The third-order valence-corrected chi connectivity index (χ3v) is 3.09. The smallest absolute Gasteiger partial charge is 0.311 e. The zero-order valence-electron chi connectivity index (χ0n) is 11.8. The minimum absolute atomic E-state index is 0.0264. The first-order chi connectivity index (χ1) is 11.1. The number of nitro groups is 1. The van der Waals surface area contributed by atoms with Crippen molar-refractivity contribution in [2.75, 3.05) is 0 Å². The molecule has 0 fully saturated rings. The minimum atomic E-state index is -0.491. The van der Waals surface area contributed by atoms with Gasteiger partial charge in [0.05, 0.1) is 10.6 Å². The number of non-ortho nitro benzene ring substituents is 1. The van der Waals surface area contributed by atoms with E-state index in [9.17, 15) is 15.2 Å². The Bertz CT molecular complexity index is 855. The molecule has 1 heterocycles. The molecule has 0 saturated heterocycles. The van der Waals surface area contributed by atoms with Crippen molar-refractivity contribution in [3.05, 3.63) is 70.8 Å². The topological polar surface area (TPSA) is 101 Å².